The van der Waals surface area contributed by atoms with E-state index in [0.29, 0.717) is 35.9 Å². The van der Waals surface area contributed by atoms with Crippen molar-refractivity contribution in [2.75, 3.05) is 12.4 Å². The van der Waals surface area contributed by atoms with Crippen molar-refractivity contribution in [3.8, 4) is 17.4 Å². The van der Waals surface area contributed by atoms with Crippen LogP contribution in [0, 0.1) is 6.92 Å². The maximum Gasteiger partial charge on any atom is 0.325 e. The lowest BCUT2D eigenvalue weighted by Gasteiger charge is -2.23. The molecule has 2 fully saturated rings. The van der Waals surface area contributed by atoms with Gasteiger partial charge in [-0.25, -0.2) is 14.7 Å². The number of hydrogen-bond acceptors (Lipinski definition) is 6. The van der Waals surface area contributed by atoms with Crippen molar-refractivity contribution >= 4 is 23.5 Å². The van der Waals surface area contributed by atoms with Gasteiger partial charge in [-0.15, -0.1) is 0 Å². The Balaban J connectivity index is 1.41. The minimum Gasteiger partial charge on any atom is -0.493 e. The number of benzene rings is 1. The van der Waals surface area contributed by atoms with E-state index < -0.39 is 23.5 Å². The molecule has 1 aliphatic heterocycles. The highest BCUT2D eigenvalue weighted by molar-refractivity contribution is 6.11. The number of aryl methyl sites for hydroxylation is 1. The number of hydrogen-bond donors (Lipinski definition) is 2. The summed E-state index contributed by atoms with van der Waals surface area (Å²) in [5.74, 6) is 0.647. The van der Waals surface area contributed by atoms with Crippen molar-refractivity contribution in [1.82, 2.24) is 15.2 Å². The van der Waals surface area contributed by atoms with Crippen molar-refractivity contribution in [3.63, 3.8) is 0 Å². The van der Waals surface area contributed by atoms with Crippen molar-refractivity contribution < 1.29 is 23.9 Å². The predicted molar refractivity (Wildman–Crippen MR) is 117 cm³/mol. The Hall–Kier alpha value is -3.62. The molecule has 2 heterocycles. The molecule has 32 heavy (non-hydrogen) atoms. The molecule has 0 radical (unpaired) electrons. The van der Waals surface area contributed by atoms with E-state index in [1.54, 1.807) is 25.3 Å². The average Bonchev–Trinajstić information content (AvgIpc) is 3.34. The van der Waals surface area contributed by atoms with Crippen LogP contribution < -0.4 is 20.1 Å². The molecule has 1 aliphatic carbocycles. The summed E-state index contributed by atoms with van der Waals surface area (Å²) in [6.07, 6.45) is 4.44. The fourth-order valence-corrected chi connectivity index (χ4v) is 4.16. The number of rotatable bonds is 6. The van der Waals surface area contributed by atoms with Crippen LogP contribution in [0.25, 0.3) is 0 Å². The molecule has 4 amide bonds. The highest BCUT2D eigenvalue weighted by atomic mass is 16.5. The molecule has 1 atom stereocenters. The van der Waals surface area contributed by atoms with Gasteiger partial charge in [0.05, 0.1) is 19.0 Å². The quantitative estimate of drug-likeness (QED) is 0.669. The maximum atomic E-state index is 12.9. The topological polar surface area (TPSA) is 110 Å². The van der Waals surface area contributed by atoms with Gasteiger partial charge in [0.1, 0.15) is 11.6 Å². The van der Waals surface area contributed by atoms with Crippen LogP contribution in [0.4, 0.5) is 10.5 Å². The zero-order chi connectivity index (χ0) is 22.9. The van der Waals surface area contributed by atoms with Gasteiger partial charge < -0.3 is 20.1 Å². The standard InChI is InChI=1S/C23H26N4O5/c1-14-6-8-17(18(12-14)31-3)32-19-9-7-16(13-24-19)25-20(28)15(2)27-21(29)23(26-22(27)30)10-4-5-11-23/h6-9,12-13,15H,4-5,10-11H2,1-3H3,(H,25,28)(H,26,30). The molecule has 1 spiro atoms. The highest BCUT2D eigenvalue weighted by Crippen LogP contribution is 2.36. The van der Waals surface area contributed by atoms with Crippen molar-refractivity contribution in [2.45, 2.75) is 51.1 Å². The molecule has 0 bridgehead atoms. The van der Waals surface area contributed by atoms with E-state index in [2.05, 4.69) is 15.6 Å². The Kier molecular flexibility index (Phi) is 5.73. The molecule has 2 N–H and O–H groups in total. The number of nitrogens with zero attached hydrogens (tertiary/aromatic N) is 2. The molecule has 2 aliphatic rings. The number of nitrogens with one attached hydrogen (secondary N) is 2. The van der Waals surface area contributed by atoms with Crippen LogP contribution in [0.3, 0.4) is 0 Å². The molecule has 4 rings (SSSR count). The number of pyridine rings is 1. The highest BCUT2D eigenvalue weighted by Gasteiger charge is 2.54. The summed E-state index contributed by atoms with van der Waals surface area (Å²) in [6.45, 7) is 3.49. The summed E-state index contributed by atoms with van der Waals surface area (Å²) < 4.78 is 11.1. The first-order valence-corrected chi connectivity index (χ1v) is 10.6. The van der Waals surface area contributed by atoms with Crippen LogP contribution in [-0.4, -0.2) is 46.4 Å². The maximum absolute atomic E-state index is 12.9. The van der Waals surface area contributed by atoms with Gasteiger partial charge in [-0.2, -0.15) is 0 Å². The largest absolute Gasteiger partial charge is 0.493 e. The molecule has 9 nitrogen and oxygen atoms in total. The number of anilines is 1. The third-order valence-corrected chi connectivity index (χ3v) is 5.95. The van der Waals surface area contributed by atoms with E-state index in [1.807, 2.05) is 19.1 Å². The average molecular weight is 438 g/mol. The molecule has 1 aromatic carbocycles. The van der Waals surface area contributed by atoms with E-state index >= 15 is 0 Å². The van der Waals surface area contributed by atoms with Crippen LogP contribution in [0.2, 0.25) is 0 Å². The van der Waals surface area contributed by atoms with Crippen molar-refractivity contribution in [2.24, 2.45) is 0 Å². The molecular weight excluding hydrogens is 412 g/mol. The van der Waals surface area contributed by atoms with E-state index in [-0.39, 0.29) is 5.91 Å². The number of aromatic nitrogens is 1. The van der Waals surface area contributed by atoms with Gasteiger partial charge in [-0.05, 0) is 50.5 Å². The van der Waals surface area contributed by atoms with Gasteiger partial charge in [0.15, 0.2) is 11.5 Å². The van der Waals surface area contributed by atoms with Gasteiger partial charge in [-0.3, -0.25) is 9.59 Å². The third-order valence-electron chi connectivity index (χ3n) is 5.95. The summed E-state index contributed by atoms with van der Waals surface area (Å²) in [5, 5.41) is 5.49. The second-order valence-electron chi connectivity index (χ2n) is 8.20. The minimum absolute atomic E-state index is 0.323. The number of carbonyl (C=O) groups excluding carboxylic acids is 3. The van der Waals surface area contributed by atoms with E-state index in [0.717, 1.165) is 23.3 Å². The van der Waals surface area contributed by atoms with Crippen LogP contribution >= 0.6 is 0 Å². The monoisotopic (exact) mass is 438 g/mol. The molecule has 1 saturated carbocycles. The van der Waals surface area contributed by atoms with Crippen molar-refractivity contribution in [1.29, 1.82) is 0 Å². The van der Waals surface area contributed by atoms with Crippen LogP contribution in [0.15, 0.2) is 36.5 Å². The Bertz CT molecular complexity index is 1050. The second-order valence-corrected chi connectivity index (χ2v) is 8.20. The molecule has 2 aromatic rings. The Labute approximate surface area is 186 Å². The number of methoxy groups -OCH3 is 1. The van der Waals surface area contributed by atoms with E-state index in [9.17, 15) is 14.4 Å². The fraction of sp³-hybridized carbons (Fsp3) is 0.391. The van der Waals surface area contributed by atoms with Crippen LogP contribution in [-0.2, 0) is 9.59 Å². The summed E-state index contributed by atoms with van der Waals surface area (Å²) in [7, 11) is 1.56. The van der Waals surface area contributed by atoms with Crippen LogP contribution in [0.1, 0.15) is 38.2 Å². The lowest BCUT2D eigenvalue weighted by atomic mass is 9.97. The normalized spacial score (nSPS) is 17.9. The number of urea groups is 1. The lowest BCUT2D eigenvalue weighted by Crippen LogP contribution is -2.48. The number of carbonyl (C=O) groups is 3. The first-order chi connectivity index (χ1) is 15.3. The Morgan fingerprint density at radius 3 is 2.59 bits per heavy atom. The summed E-state index contributed by atoms with van der Waals surface area (Å²) in [6, 6.07) is 7.33. The number of amides is 4. The zero-order valence-electron chi connectivity index (χ0n) is 18.3. The number of imide groups is 1. The number of ether oxygens (including phenoxy) is 2. The first kappa shape index (κ1) is 21.6. The van der Waals surface area contributed by atoms with Crippen LogP contribution in [0.5, 0.6) is 17.4 Å². The summed E-state index contributed by atoms with van der Waals surface area (Å²) in [4.78, 5) is 43.2. The van der Waals surface area contributed by atoms with E-state index in [1.165, 1.54) is 13.1 Å². The lowest BCUT2D eigenvalue weighted by molar-refractivity contribution is -0.136. The minimum atomic E-state index is -0.949. The first-order valence-electron chi connectivity index (χ1n) is 10.6. The molecule has 1 saturated heterocycles. The van der Waals surface area contributed by atoms with Gasteiger partial charge in [0.25, 0.3) is 5.91 Å². The molecule has 9 heteroatoms. The Morgan fingerprint density at radius 2 is 1.94 bits per heavy atom. The van der Waals surface area contributed by atoms with E-state index in [4.69, 9.17) is 9.47 Å². The molecule has 1 aromatic heterocycles. The fourth-order valence-electron chi connectivity index (χ4n) is 4.16. The third kappa shape index (κ3) is 3.98. The van der Waals surface area contributed by atoms with Gasteiger partial charge in [0.2, 0.25) is 11.8 Å². The van der Waals surface area contributed by atoms with Gasteiger partial charge in [-0.1, -0.05) is 18.9 Å². The SMILES string of the molecule is COc1cc(C)ccc1Oc1ccc(NC(=O)C(C)N2C(=O)NC3(CCCC3)C2=O)cn1. The Morgan fingerprint density at radius 1 is 1.19 bits per heavy atom. The smallest absolute Gasteiger partial charge is 0.325 e. The van der Waals surface area contributed by atoms with Crippen molar-refractivity contribution in [3.05, 3.63) is 42.1 Å². The summed E-state index contributed by atoms with van der Waals surface area (Å²) >= 11 is 0. The summed E-state index contributed by atoms with van der Waals surface area (Å²) in [5.41, 5.74) is 0.620. The second kappa shape index (κ2) is 8.49. The molecular formula is C23H26N4O5. The zero-order valence-corrected chi connectivity index (χ0v) is 18.3. The predicted octanol–water partition coefficient (Wildman–Crippen LogP) is 3.38. The molecule has 1 unspecified atom stereocenters. The molecule has 168 valence electrons. The van der Waals surface area contributed by atoms with Gasteiger partial charge >= 0.3 is 6.03 Å². The van der Waals surface area contributed by atoms with Gasteiger partial charge in [0, 0.05) is 6.07 Å².